The van der Waals surface area contributed by atoms with E-state index in [1.165, 1.54) is 19.2 Å². The van der Waals surface area contributed by atoms with Gasteiger partial charge in [0.25, 0.3) is 0 Å². The van der Waals surface area contributed by atoms with E-state index in [9.17, 15) is 8.42 Å². The van der Waals surface area contributed by atoms with Crippen molar-refractivity contribution in [2.24, 2.45) is 0 Å². The topological polar surface area (TPSA) is 55.4 Å². The molecule has 2 aromatic carbocycles. The van der Waals surface area contributed by atoms with E-state index in [2.05, 4.69) is 4.72 Å². The van der Waals surface area contributed by atoms with E-state index in [1.54, 1.807) is 37.3 Å². The Morgan fingerprint density at radius 2 is 1.83 bits per heavy atom. The fraction of sp³-hybridized carbons (Fsp3) is 0.250. The maximum atomic E-state index is 12.4. The molecule has 0 aliphatic carbocycles. The zero-order valence-electron chi connectivity index (χ0n) is 12.7. The number of sulfonamides is 1. The van der Waals surface area contributed by atoms with E-state index in [1.807, 2.05) is 6.07 Å². The minimum atomic E-state index is -3.75. The van der Waals surface area contributed by atoms with Crippen LogP contribution in [0.25, 0.3) is 0 Å². The van der Waals surface area contributed by atoms with E-state index in [0.717, 1.165) is 5.56 Å². The molecule has 1 N–H and O–H groups in total. The molecule has 23 heavy (non-hydrogen) atoms. The summed E-state index contributed by atoms with van der Waals surface area (Å²) in [6.45, 7) is 1.82. The van der Waals surface area contributed by atoms with Crippen LogP contribution in [0, 0.1) is 0 Å². The molecule has 0 heterocycles. The average Bonchev–Trinajstić information content (AvgIpc) is 2.53. The van der Waals surface area contributed by atoms with Crippen molar-refractivity contribution < 1.29 is 13.2 Å². The molecule has 1 unspecified atom stereocenters. The van der Waals surface area contributed by atoms with Crippen LogP contribution < -0.4 is 4.72 Å². The molecule has 124 valence electrons. The SMILES string of the molecule is COC(C)(CNS(=O)(=O)c1ccccc1Cl)c1cccc(Cl)c1. The molecule has 0 aliphatic heterocycles. The smallest absolute Gasteiger partial charge is 0.242 e. The van der Waals surface area contributed by atoms with Crippen LogP contribution in [-0.2, 0) is 20.4 Å². The lowest BCUT2D eigenvalue weighted by molar-refractivity contribution is 0.00699. The van der Waals surface area contributed by atoms with Gasteiger partial charge in [-0.15, -0.1) is 0 Å². The van der Waals surface area contributed by atoms with E-state index < -0.39 is 15.6 Å². The van der Waals surface area contributed by atoms with Gasteiger partial charge in [-0.05, 0) is 36.8 Å². The van der Waals surface area contributed by atoms with Crippen molar-refractivity contribution in [1.82, 2.24) is 4.72 Å². The number of nitrogens with one attached hydrogen (secondary N) is 1. The molecule has 2 rings (SSSR count). The summed E-state index contributed by atoms with van der Waals surface area (Å²) >= 11 is 12.0. The van der Waals surface area contributed by atoms with Crippen molar-refractivity contribution in [3.05, 3.63) is 64.1 Å². The van der Waals surface area contributed by atoms with E-state index in [0.29, 0.717) is 5.02 Å². The van der Waals surface area contributed by atoms with E-state index in [4.69, 9.17) is 27.9 Å². The van der Waals surface area contributed by atoms with Crippen LogP contribution >= 0.6 is 23.2 Å². The summed E-state index contributed by atoms with van der Waals surface area (Å²) in [4.78, 5) is 0.0335. The number of hydrogen-bond acceptors (Lipinski definition) is 3. The van der Waals surface area contributed by atoms with Crippen LogP contribution in [-0.4, -0.2) is 22.1 Å². The summed E-state index contributed by atoms with van der Waals surface area (Å²) in [6.07, 6.45) is 0. The first kappa shape index (κ1) is 18.2. The van der Waals surface area contributed by atoms with E-state index in [-0.39, 0.29) is 16.5 Å². The van der Waals surface area contributed by atoms with Gasteiger partial charge in [-0.2, -0.15) is 0 Å². The third-order valence-electron chi connectivity index (χ3n) is 3.61. The molecule has 0 spiro atoms. The first-order valence-electron chi connectivity index (χ1n) is 6.84. The maximum absolute atomic E-state index is 12.4. The van der Waals surface area contributed by atoms with Crippen LogP contribution in [0.15, 0.2) is 53.4 Å². The minimum Gasteiger partial charge on any atom is -0.372 e. The molecule has 0 aliphatic rings. The molecule has 0 aromatic heterocycles. The second-order valence-corrected chi connectivity index (χ2v) is 7.78. The van der Waals surface area contributed by atoms with Crippen LogP contribution in [0.4, 0.5) is 0 Å². The predicted molar refractivity (Wildman–Crippen MR) is 92.5 cm³/mol. The van der Waals surface area contributed by atoms with Crippen molar-refractivity contribution in [1.29, 1.82) is 0 Å². The molecule has 7 heteroatoms. The molecular weight excluding hydrogens is 357 g/mol. The van der Waals surface area contributed by atoms with Crippen LogP contribution in [0.2, 0.25) is 10.0 Å². The number of rotatable bonds is 6. The summed E-state index contributed by atoms with van der Waals surface area (Å²) in [5.74, 6) is 0. The standard InChI is InChI=1S/C16H17Cl2NO3S/c1-16(22-2,12-6-5-7-13(17)10-12)11-19-23(20,21)15-9-4-3-8-14(15)18/h3-10,19H,11H2,1-2H3. The molecule has 1 atom stereocenters. The number of hydrogen-bond donors (Lipinski definition) is 1. The van der Waals surface area contributed by atoms with Gasteiger partial charge in [0.15, 0.2) is 0 Å². The Morgan fingerprint density at radius 1 is 1.13 bits per heavy atom. The third kappa shape index (κ3) is 4.25. The Bertz CT molecular complexity index is 795. The number of halogens is 2. The quantitative estimate of drug-likeness (QED) is 0.836. The summed E-state index contributed by atoms with van der Waals surface area (Å²) in [5.41, 5.74) is -0.0893. The lowest BCUT2D eigenvalue weighted by atomic mass is 9.96. The van der Waals surface area contributed by atoms with Crippen molar-refractivity contribution >= 4 is 33.2 Å². The highest BCUT2D eigenvalue weighted by molar-refractivity contribution is 7.89. The predicted octanol–water partition coefficient (Wildman–Crippen LogP) is 3.83. The zero-order chi connectivity index (χ0) is 17.1. The van der Waals surface area contributed by atoms with Gasteiger partial charge in [-0.1, -0.05) is 47.5 Å². The molecule has 0 amide bonds. The normalized spacial score (nSPS) is 14.4. The largest absolute Gasteiger partial charge is 0.372 e. The van der Waals surface area contributed by atoms with Gasteiger partial charge in [0.1, 0.15) is 10.5 Å². The molecule has 0 saturated carbocycles. The van der Waals surface area contributed by atoms with Gasteiger partial charge in [-0.25, -0.2) is 13.1 Å². The molecule has 0 bridgehead atoms. The van der Waals surface area contributed by atoms with Gasteiger partial charge < -0.3 is 4.74 Å². The second kappa shape index (κ2) is 7.20. The van der Waals surface area contributed by atoms with E-state index >= 15 is 0 Å². The Kier molecular flexibility index (Phi) is 5.70. The zero-order valence-corrected chi connectivity index (χ0v) is 15.0. The maximum Gasteiger partial charge on any atom is 0.242 e. The molecule has 0 saturated heterocycles. The Hall–Kier alpha value is -1.11. The summed E-state index contributed by atoms with van der Waals surface area (Å²) in [5, 5.41) is 0.724. The molecule has 2 aromatic rings. The Balaban J connectivity index is 2.25. The number of benzene rings is 2. The van der Waals surface area contributed by atoms with Crippen LogP contribution in [0.5, 0.6) is 0 Å². The van der Waals surface area contributed by atoms with Gasteiger partial charge in [0.2, 0.25) is 10.0 Å². The number of methoxy groups -OCH3 is 1. The fourth-order valence-corrected chi connectivity index (χ4v) is 3.92. The average molecular weight is 374 g/mol. The van der Waals surface area contributed by atoms with Gasteiger partial charge >= 0.3 is 0 Å². The molecular formula is C16H17Cl2NO3S. The minimum absolute atomic E-state index is 0.0335. The van der Waals surface area contributed by atoms with Crippen LogP contribution in [0.3, 0.4) is 0 Å². The first-order valence-corrected chi connectivity index (χ1v) is 9.08. The summed E-state index contributed by atoms with van der Waals surface area (Å²) in [6, 6.07) is 13.4. The Labute approximate surface area is 146 Å². The highest BCUT2D eigenvalue weighted by Crippen LogP contribution is 2.27. The first-order chi connectivity index (χ1) is 10.8. The Morgan fingerprint density at radius 3 is 2.43 bits per heavy atom. The lowest BCUT2D eigenvalue weighted by Crippen LogP contribution is -2.40. The highest BCUT2D eigenvalue weighted by atomic mass is 35.5. The molecule has 4 nitrogen and oxygen atoms in total. The van der Waals surface area contributed by atoms with Crippen molar-refractivity contribution in [3.63, 3.8) is 0 Å². The van der Waals surface area contributed by atoms with Crippen molar-refractivity contribution in [3.8, 4) is 0 Å². The number of ether oxygens (including phenoxy) is 1. The molecule has 0 radical (unpaired) electrons. The summed E-state index contributed by atoms with van der Waals surface area (Å²) in [7, 11) is -2.23. The second-order valence-electron chi connectivity index (χ2n) is 5.20. The lowest BCUT2D eigenvalue weighted by Gasteiger charge is -2.29. The third-order valence-corrected chi connectivity index (χ3v) is 5.75. The molecule has 0 fully saturated rings. The van der Waals surface area contributed by atoms with Crippen molar-refractivity contribution in [2.45, 2.75) is 17.4 Å². The highest BCUT2D eigenvalue weighted by Gasteiger charge is 2.29. The van der Waals surface area contributed by atoms with Gasteiger partial charge in [0, 0.05) is 18.7 Å². The van der Waals surface area contributed by atoms with Crippen LogP contribution in [0.1, 0.15) is 12.5 Å². The summed E-state index contributed by atoms with van der Waals surface area (Å²) < 4.78 is 32.9. The van der Waals surface area contributed by atoms with Gasteiger partial charge in [-0.3, -0.25) is 0 Å². The van der Waals surface area contributed by atoms with Gasteiger partial charge in [0.05, 0.1) is 5.02 Å². The van der Waals surface area contributed by atoms with Crippen molar-refractivity contribution in [2.75, 3.05) is 13.7 Å². The fourth-order valence-electron chi connectivity index (χ4n) is 2.08. The monoisotopic (exact) mass is 373 g/mol.